The molecule has 3 atom stereocenters. The van der Waals surface area contributed by atoms with Gasteiger partial charge < -0.3 is 20.9 Å². The highest BCUT2D eigenvalue weighted by Gasteiger charge is 2.43. The highest BCUT2D eigenvalue weighted by atomic mass is 16.2. The van der Waals surface area contributed by atoms with E-state index in [1.165, 1.54) is 6.92 Å². The van der Waals surface area contributed by atoms with Crippen LogP contribution in [0.25, 0.3) is 0 Å². The molecule has 2 aliphatic heterocycles. The molecule has 4 rings (SSSR count). The van der Waals surface area contributed by atoms with Crippen molar-refractivity contribution in [2.45, 2.75) is 50.7 Å². The van der Waals surface area contributed by atoms with E-state index in [4.69, 9.17) is 0 Å². The molecule has 0 aliphatic carbocycles. The summed E-state index contributed by atoms with van der Waals surface area (Å²) in [5.74, 6) is -0.0353. The highest BCUT2D eigenvalue weighted by molar-refractivity contribution is 5.97. The number of carbonyl (C=O) groups is 3. The molecule has 0 aromatic heterocycles. The van der Waals surface area contributed by atoms with Gasteiger partial charge in [0.05, 0.1) is 0 Å². The molecule has 0 saturated carbocycles. The number of amides is 4. The molecule has 2 fully saturated rings. The van der Waals surface area contributed by atoms with Crippen LogP contribution < -0.4 is 16.0 Å². The third-order valence-corrected chi connectivity index (χ3v) is 5.85. The molecule has 0 radical (unpaired) electrons. The summed E-state index contributed by atoms with van der Waals surface area (Å²) in [5.41, 5.74) is 1.94. The zero-order valence-electron chi connectivity index (χ0n) is 16.9. The number of carbonyl (C=O) groups excluding carboxylic acids is 3. The summed E-state index contributed by atoms with van der Waals surface area (Å²) in [5, 5.41) is 8.83. The third kappa shape index (κ3) is 4.45. The van der Waals surface area contributed by atoms with E-state index in [-0.39, 0.29) is 36.0 Å². The van der Waals surface area contributed by atoms with Crippen molar-refractivity contribution >= 4 is 29.2 Å². The Labute approximate surface area is 175 Å². The van der Waals surface area contributed by atoms with Crippen LogP contribution in [0.15, 0.2) is 54.6 Å². The minimum atomic E-state index is -0.218. The Kier molecular flexibility index (Phi) is 5.70. The number of hydrogen-bond donors (Lipinski definition) is 3. The van der Waals surface area contributed by atoms with Crippen molar-refractivity contribution < 1.29 is 14.4 Å². The second kappa shape index (κ2) is 8.57. The summed E-state index contributed by atoms with van der Waals surface area (Å²) in [6.45, 7) is 1.51. The molecule has 2 saturated heterocycles. The van der Waals surface area contributed by atoms with E-state index in [1.54, 1.807) is 24.3 Å². The van der Waals surface area contributed by atoms with Crippen LogP contribution in [0.1, 0.15) is 43.0 Å². The fourth-order valence-electron chi connectivity index (χ4n) is 4.50. The number of para-hydroxylation sites is 1. The van der Waals surface area contributed by atoms with Crippen molar-refractivity contribution in [3.63, 3.8) is 0 Å². The summed E-state index contributed by atoms with van der Waals surface area (Å²) < 4.78 is 0. The quantitative estimate of drug-likeness (QED) is 0.664. The van der Waals surface area contributed by atoms with Crippen LogP contribution in [-0.4, -0.2) is 40.9 Å². The van der Waals surface area contributed by atoms with Crippen LogP contribution in [0, 0.1) is 0 Å². The summed E-state index contributed by atoms with van der Waals surface area (Å²) in [7, 11) is 0. The number of nitrogens with one attached hydrogen (secondary N) is 3. The van der Waals surface area contributed by atoms with Crippen LogP contribution in [0.2, 0.25) is 0 Å². The van der Waals surface area contributed by atoms with E-state index < -0.39 is 0 Å². The molecular formula is C23H26N4O3. The van der Waals surface area contributed by atoms with E-state index in [0.29, 0.717) is 11.3 Å². The zero-order chi connectivity index (χ0) is 21.1. The predicted octanol–water partition coefficient (Wildman–Crippen LogP) is 4.24. The largest absolute Gasteiger partial charge is 0.335 e. The first kappa shape index (κ1) is 19.9. The maximum Gasteiger partial charge on any atom is 0.322 e. The first-order valence-corrected chi connectivity index (χ1v) is 10.3. The number of Topliss-reactive ketones (excluding diaryl/α,β-unsaturated/α-hetero) is 1. The summed E-state index contributed by atoms with van der Waals surface area (Å²) in [6.07, 6.45) is 3.34. The molecule has 1 unspecified atom stereocenters. The van der Waals surface area contributed by atoms with Crippen molar-refractivity contribution in [3.8, 4) is 0 Å². The lowest BCUT2D eigenvalue weighted by molar-refractivity contribution is 0.101. The van der Waals surface area contributed by atoms with E-state index in [2.05, 4.69) is 16.0 Å². The lowest BCUT2D eigenvalue weighted by Crippen LogP contribution is -2.54. The molecule has 156 valence electrons. The van der Waals surface area contributed by atoms with Crippen molar-refractivity contribution in [2.24, 2.45) is 0 Å². The van der Waals surface area contributed by atoms with Crippen molar-refractivity contribution in [1.29, 1.82) is 0 Å². The van der Waals surface area contributed by atoms with Crippen molar-refractivity contribution in [1.82, 2.24) is 10.2 Å². The van der Waals surface area contributed by atoms with Gasteiger partial charge in [-0.3, -0.25) is 4.79 Å². The summed E-state index contributed by atoms with van der Waals surface area (Å²) in [4.78, 5) is 38.7. The Hall–Kier alpha value is -3.35. The Morgan fingerprint density at radius 1 is 0.867 bits per heavy atom. The Balaban J connectivity index is 1.34. The lowest BCUT2D eigenvalue weighted by atomic mass is 9.98. The summed E-state index contributed by atoms with van der Waals surface area (Å²) in [6, 6.07) is 16.2. The number of fused-ring (bicyclic) bond motifs is 2. The van der Waals surface area contributed by atoms with Gasteiger partial charge in [0.2, 0.25) is 0 Å². The van der Waals surface area contributed by atoms with E-state index >= 15 is 0 Å². The normalized spacial score (nSPS) is 22.3. The van der Waals surface area contributed by atoms with Crippen LogP contribution >= 0.6 is 0 Å². The topological polar surface area (TPSA) is 90.5 Å². The molecule has 2 aromatic carbocycles. The molecule has 7 heteroatoms. The number of rotatable bonds is 4. The SMILES string of the molecule is CC(=O)c1cccc(NC(=O)N2[C@@H]3CC[C@H]2CC(NC(=O)Nc2ccccc2)C3)c1. The van der Waals surface area contributed by atoms with Gasteiger partial charge in [-0.25, -0.2) is 9.59 Å². The van der Waals surface area contributed by atoms with Gasteiger partial charge in [-0.15, -0.1) is 0 Å². The second-order valence-corrected chi connectivity index (χ2v) is 7.99. The zero-order valence-corrected chi connectivity index (χ0v) is 16.9. The monoisotopic (exact) mass is 406 g/mol. The minimum absolute atomic E-state index is 0.0353. The fourth-order valence-corrected chi connectivity index (χ4v) is 4.50. The molecule has 4 amide bonds. The van der Waals surface area contributed by atoms with Gasteiger partial charge in [-0.1, -0.05) is 30.3 Å². The summed E-state index contributed by atoms with van der Waals surface area (Å²) >= 11 is 0. The van der Waals surface area contributed by atoms with E-state index in [0.717, 1.165) is 31.4 Å². The molecule has 3 N–H and O–H groups in total. The third-order valence-electron chi connectivity index (χ3n) is 5.85. The minimum Gasteiger partial charge on any atom is -0.335 e. The van der Waals surface area contributed by atoms with Gasteiger partial charge >= 0.3 is 12.1 Å². The molecule has 30 heavy (non-hydrogen) atoms. The number of piperidine rings is 1. The predicted molar refractivity (Wildman–Crippen MR) is 116 cm³/mol. The number of ketones is 1. The number of anilines is 2. The second-order valence-electron chi connectivity index (χ2n) is 7.99. The first-order valence-electron chi connectivity index (χ1n) is 10.3. The average molecular weight is 406 g/mol. The van der Waals surface area contributed by atoms with Crippen LogP contribution in [0.5, 0.6) is 0 Å². The van der Waals surface area contributed by atoms with E-state index in [9.17, 15) is 14.4 Å². The van der Waals surface area contributed by atoms with Gasteiger partial charge in [0.15, 0.2) is 5.78 Å². The average Bonchev–Trinajstić information content (AvgIpc) is 3.00. The standard InChI is InChI=1S/C23H26N4O3/c1-15(28)16-6-5-9-18(12-16)26-23(30)27-20-10-11-21(27)14-19(13-20)25-22(29)24-17-7-3-2-4-8-17/h2-9,12,19-21H,10-11,13-14H2,1H3,(H,26,30)(H2,24,25,29)/t19?,20-,21+. The molecular weight excluding hydrogens is 380 g/mol. The van der Waals surface area contributed by atoms with Gasteiger partial charge in [0.25, 0.3) is 0 Å². The molecule has 0 spiro atoms. The number of benzene rings is 2. The maximum absolute atomic E-state index is 12.9. The van der Waals surface area contributed by atoms with Gasteiger partial charge in [0.1, 0.15) is 0 Å². The van der Waals surface area contributed by atoms with Crippen LogP contribution in [0.3, 0.4) is 0 Å². The molecule has 2 aromatic rings. The number of hydrogen-bond acceptors (Lipinski definition) is 3. The van der Waals surface area contributed by atoms with Gasteiger partial charge in [0, 0.05) is 35.1 Å². The molecule has 2 heterocycles. The van der Waals surface area contributed by atoms with Crippen LogP contribution in [0.4, 0.5) is 21.0 Å². The van der Waals surface area contributed by atoms with Gasteiger partial charge in [-0.2, -0.15) is 0 Å². The first-order chi connectivity index (χ1) is 14.5. The van der Waals surface area contributed by atoms with Crippen molar-refractivity contribution in [3.05, 3.63) is 60.2 Å². The van der Waals surface area contributed by atoms with E-state index in [1.807, 2.05) is 35.2 Å². The number of nitrogens with zero attached hydrogens (tertiary/aromatic N) is 1. The smallest absolute Gasteiger partial charge is 0.322 e. The Bertz CT molecular complexity index is 932. The number of urea groups is 2. The van der Waals surface area contributed by atoms with Gasteiger partial charge in [-0.05, 0) is 56.9 Å². The maximum atomic E-state index is 12.9. The van der Waals surface area contributed by atoms with Crippen LogP contribution in [-0.2, 0) is 0 Å². The fraction of sp³-hybridized carbons (Fsp3) is 0.348. The Morgan fingerprint density at radius 3 is 2.20 bits per heavy atom. The molecule has 2 aliphatic rings. The highest BCUT2D eigenvalue weighted by Crippen LogP contribution is 2.36. The lowest BCUT2D eigenvalue weighted by Gasteiger charge is -2.39. The molecule has 2 bridgehead atoms. The Morgan fingerprint density at radius 2 is 1.53 bits per heavy atom. The van der Waals surface area contributed by atoms with Crippen molar-refractivity contribution in [2.75, 3.05) is 10.6 Å². The molecule has 7 nitrogen and oxygen atoms in total.